The van der Waals surface area contributed by atoms with E-state index in [2.05, 4.69) is 49.1 Å². The van der Waals surface area contributed by atoms with Crippen LogP contribution in [0, 0.1) is 11.8 Å². The van der Waals surface area contributed by atoms with Gasteiger partial charge in [0.2, 0.25) is 0 Å². The number of aryl methyl sites for hydroxylation is 1. The smallest absolute Gasteiger partial charge is 0.166 e. The number of benzene rings is 3. The Kier molecular flexibility index (Phi) is 5.20. The highest BCUT2D eigenvalue weighted by Gasteiger charge is 2.29. The number of unbranched alkanes of at least 4 members (excludes halogenated alkanes) is 1. The first-order valence-corrected chi connectivity index (χ1v) is 9.88. The molecule has 0 saturated heterocycles. The van der Waals surface area contributed by atoms with Crippen LogP contribution in [0.3, 0.4) is 0 Å². The minimum Gasteiger partial charge on any atom is -0.166 e. The van der Waals surface area contributed by atoms with Crippen molar-refractivity contribution in [2.75, 3.05) is 0 Å². The molecule has 0 aromatic heterocycles. The minimum atomic E-state index is -4.32. The second-order valence-electron chi connectivity index (χ2n) is 7.47. The molecular weight excluding hydrogens is 369 g/mol. The molecule has 0 unspecified atom stereocenters. The molecule has 3 aromatic rings. The third-order valence-electron chi connectivity index (χ3n) is 5.33. The molecular formula is C26H21F3. The lowest BCUT2D eigenvalue weighted by atomic mass is 10.0. The van der Waals surface area contributed by atoms with Crippen molar-refractivity contribution in [2.45, 2.75) is 38.8 Å². The fraction of sp³-hybridized carbons (Fsp3) is 0.231. The van der Waals surface area contributed by atoms with Gasteiger partial charge in [-0.2, -0.15) is 13.2 Å². The van der Waals surface area contributed by atoms with Crippen LogP contribution in [0.2, 0.25) is 0 Å². The molecule has 0 amide bonds. The van der Waals surface area contributed by atoms with Crippen LogP contribution in [-0.4, -0.2) is 0 Å². The maximum absolute atomic E-state index is 12.7. The zero-order valence-electron chi connectivity index (χ0n) is 16.2. The number of hydrogen-bond acceptors (Lipinski definition) is 0. The third-order valence-corrected chi connectivity index (χ3v) is 5.33. The maximum Gasteiger partial charge on any atom is 0.416 e. The second kappa shape index (κ2) is 7.79. The summed E-state index contributed by atoms with van der Waals surface area (Å²) < 4.78 is 38.0. The molecule has 1 aliphatic carbocycles. The van der Waals surface area contributed by atoms with Crippen LogP contribution in [0.5, 0.6) is 0 Å². The van der Waals surface area contributed by atoms with Gasteiger partial charge in [-0.15, -0.1) is 0 Å². The molecule has 0 spiro atoms. The number of alkyl halides is 3. The van der Waals surface area contributed by atoms with Gasteiger partial charge in [0.1, 0.15) is 0 Å². The second-order valence-corrected chi connectivity index (χ2v) is 7.47. The summed E-state index contributed by atoms with van der Waals surface area (Å²) in [6.45, 7) is 2.20. The highest BCUT2D eigenvalue weighted by molar-refractivity contribution is 5.77. The molecule has 0 atom stereocenters. The van der Waals surface area contributed by atoms with Gasteiger partial charge < -0.3 is 0 Å². The molecule has 0 saturated carbocycles. The van der Waals surface area contributed by atoms with Gasteiger partial charge in [0.25, 0.3) is 0 Å². The fourth-order valence-corrected chi connectivity index (χ4v) is 3.77. The van der Waals surface area contributed by atoms with Gasteiger partial charge in [-0.1, -0.05) is 49.5 Å². The van der Waals surface area contributed by atoms with Crippen molar-refractivity contribution >= 4 is 0 Å². The first-order valence-electron chi connectivity index (χ1n) is 9.88. The Bertz CT molecular complexity index is 1090. The monoisotopic (exact) mass is 390 g/mol. The summed E-state index contributed by atoms with van der Waals surface area (Å²) in [7, 11) is 0. The van der Waals surface area contributed by atoms with Crippen molar-refractivity contribution in [2.24, 2.45) is 0 Å². The quantitative estimate of drug-likeness (QED) is 0.330. The molecule has 4 rings (SSSR count). The molecule has 0 nitrogen and oxygen atoms in total. The summed E-state index contributed by atoms with van der Waals surface area (Å²) in [5.41, 5.74) is 7.35. The lowest BCUT2D eigenvalue weighted by Crippen LogP contribution is -2.04. The van der Waals surface area contributed by atoms with E-state index >= 15 is 0 Å². The SMILES string of the molecule is CCCCc1ccc2c(c1)Cc1cc(C#Cc3ccc(C(F)(F)F)cc3)ccc1-2. The van der Waals surface area contributed by atoms with Gasteiger partial charge >= 0.3 is 6.18 Å². The van der Waals surface area contributed by atoms with Crippen LogP contribution >= 0.6 is 0 Å². The largest absolute Gasteiger partial charge is 0.416 e. The highest BCUT2D eigenvalue weighted by Crippen LogP contribution is 2.37. The van der Waals surface area contributed by atoms with Gasteiger partial charge in [0, 0.05) is 11.1 Å². The van der Waals surface area contributed by atoms with Gasteiger partial charge in [0.05, 0.1) is 5.56 Å². The normalized spacial score (nSPS) is 12.1. The molecule has 29 heavy (non-hydrogen) atoms. The summed E-state index contributed by atoms with van der Waals surface area (Å²) in [6.07, 6.45) is 0.0927. The Morgan fingerprint density at radius 2 is 1.41 bits per heavy atom. The number of hydrogen-bond donors (Lipinski definition) is 0. The lowest BCUT2D eigenvalue weighted by molar-refractivity contribution is -0.137. The predicted molar refractivity (Wildman–Crippen MR) is 111 cm³/mol. The molecule has 146 valence electrons. The number of halogens is 3. The molecule has 1 aliphatic rings. The van der Waals surface area contributed by atoms with Crippen LogP contribution in [0.1, 0.15) is 53.1 Å². The Labute approximate surface area is 169 Å². The Morgan fingerprint density at radius 3 is 2.10 bits per heavy atom. The van der Waals surface area contributed by atoms with Crippen LogP contribution in [0.4, 0.5) is 13.2 Å². The Hall–Kier alpha value is -2.99. The van der Waals surface area contributed by atoms with Gasteiger partial charge in [0.15, 0.2) is 0 Å². The van der Waals surface area contributed by atoms with E-state index in [1.807, 2.05) is 6.07 Å². The highest BCUT2D eigenvalue weighted by atomic mass is 19.4. The van der Waals surface area contributed by atoms with Crippen LogP contribution in [0.25, 0.3) is 11.1 Å². The van der Waals surface area contributed by atoms with Gasteiger partial charge in [-0.3, -0.25) is 0 Å². The molecule has 0 N–H and O–H groups in total. The van der Waals surface area contributed by atoms with Crippen LogP contribution in [-0.2, 0) is 19.0 Å². The standard InChI is InChI=1S/C26H21F3/c1-2-3-4-19-9-13-24-21(15-19)17-22-16-20(10-14-25(22)24)6-5-18-7-11-23(12-8-18)26(27,28)29/h7-16H,2-4,17H2,1H3. The summed E-state index contributed by atoms with van der Waals surface area (Å²) in [5.74, 6) is 6.05. The average Bonchev–Trinajstić information content (AvgIpc) is 3.07. The number of fused-ring (bicyclic) bond motifs is 3. The molecule has 3 aromatic carbocycles. The summed E-state index contributed by atoms with van der Waals surface area (Å²) in [4.78, 5) is 0. The average molecular weight is 390 g/mol. The first-order chi connectivity index (χ1) is 13.9. The molecule has 0 fully saturated rings. The predicted octanol–water partition coefficient (Wildman–Crippen LogP) is 7.02. The number of rotatable bonds is 3. The maximum atomic E-state index is 12.7. The first kappa shape index (κ1) is 19.3. The topological polar surface area (TPSA) is 0 Å². The van der Waals surface area contributed by atoms with Crippen LogP contribution in [0.15, 0.2) is 60.7 Å². The molecule has 0 heterocycles. The van der Waals surface area contributed by atoms with Crippen molar-refractivity contribution in [1.29, 1.82) is 0 Å². The molecule has 0 aliphatic heterocycles. The van der Waals surface area contributed by atoms with Gasteiger partial charge in [-0.05, 0) is 83.5 Å². The third kappa shape index (κ3) is 4.22. The van der Waals surface area contributed by atoms with E-state index in [0.717, 1.165) is 30.5 Å². The van der Waals surface area contributed by atoms with Crippen molar-refractivity contribution in [3.8, 4) is 23.0 Å². The zero-order valence-corrected chi connectivity index (χ0v) is 16.2. The van der Waals surface area contributed by atoms with E-state index in [1.54, 1.807) is 0 Å². The van der Waals surface area contributed by atoms with Crippen molar-refractivity contribution < 1.29 is 13.2 Å². The van der Waals surface area contributed by atoms with E-state index < -0.39 is 11.7 Å². The lowest BCUT2D eigenvalue weighted by Gasteiger charge is -2.05. The van der Waals surface area contributed by atoms with E-state index in [0.29, 0.717) is 5.56 Å². The minimum absolute atomic E-state index is 0.572. The van der Waals surface area contributed by atoms with Crippen LogP contribution < -0.4 is 0 Å². The van der Waals surface area contributed by atoms with Crippen molar-refractivity contribution in [3.63, 3.8) is 0 Å². The van der Waals surface area contributed by atoms with E-state index in [1.165, 1.54) is 52.8 Å². The van der Waals surface area contributed by atoms with Crippen molar-refractivity contribution in [3.05, 3.63) is 94.0 Å². The molecule has 3 heteroatoms. The summed E-state index contributed by atoms with van der Waals surface area (Å²) in [5, 5.41) is 0. The fourth-order valence-electron chi connectivity index (χ4n) is 3.77. The summed E-state index contributed by atoms with van der Waals surface area (Å²) >= 11 is 0. The summed E-state index contributed by atoms with van der Waals surface area (Å²) in [6, 6.07) is 17.9. The van der Waals surface area contributed by atoms with Gasteiger partial charge in [-0.25, -0.2) is 0 Å². The van der Waals surface area contributed by atoms with Crippen molar-refractivity contribution in [1.82, 2.24) is 0 Å². The van der Waals surface area contributed by atoms with E-state index in [4.69, 9.17) is 0 Å². The Morgan fingerprint density at radius 1 is 0.793 bits per heavy atom. The van der Waals surface area contributed by atoms with E-state index in [-0.39, 0.29) is 0 Å². The Balaban J connectivity index is 1.54. The molecule has 0 radical (unpaired) electrons. The van der Waals surface area contributed by atoms with E-state index in [9.17, 15) is 13.2 Å². The molecule has 0 bridgehead atoms. The zero-order chi connectivity index (χ0) is 20.4.